The zero-order valence-electron chi connectivity index (χ0n) is 5.19. The summed E-state index contributed by atoms with van der Waals surface area (Å²) in [5.41, 5.74) is 0. The smallest absolute Gasteiger partial charge is 0.389 e. The molecular formula is C4H11BrO2Si. The number of halogens is 1. The first-order valence-corrected chi connectivity index (χ1v) is 6.81. The minimum Gasteiger partial charge on any atom is -0.389 e. The third-order valence-corrected chi connectivity index (χ3v) is 3.37. The molecule has 0 atom stereocenters. The monoisotopic (exact) mass is 198 g/mol. The van der Waals surface area contributed by atoms with Crippen molar-refractivity contribution in [2.45, 2.75) is 13.8 Å². The van der Waals surface area contributed by atoms with Crippen LogP contribution in [0.3, 0.4) is 0 Å². The van der Waals surface area contributed by atoms with Gasteiger partial charge in [-0.25, -0.2) is 0 Å². The van der Waals surface area contributed by atoms with Crippen LogP contribution in [0.15, 0.2) is 0 Å². The summed E-state index contributed by atoms with van der Waals surface area (Å²) in [6, 6.07) is 0. The van der Waals surface area contributed by atoms with Crippen LogP contribution in [0.4, 0.5) is 0 Å². The van der Waals surface area contributed by atoms with E-state index in [-0.39, 0.29) is 0 Å². The molecule has 0 aliphatic carbocycles. The Morgan fingerprint density at radius 3 is 1.88 bits per heavy atom. The minimum absolute atomic E-state index is 0.738. The molecule has 0 aromatic carbocycles. The molecule has 0 aromatic rings. The summed E-state index contributed by atoms with van der Waals surface area (Å²) in [7, 11) is -1.39. The zero-order valence-corrected chi connectivity index (χ0v) is 7.93. The van der Waals surface area contributed by atoms with Crippen molar-refractivity contribution in [1.82, 2.24) is 0 Å². The van der Waals surface area contributed by atoms with E-state index in [1.165, 1.54) is 0 Å². The van der Waals surface area contributed by atoms with E-state index in [0.29, 0.717) is 0 Å². The Kier molecular flexibility index (Phi) is 6.19. The Morgan fingerprint density at radius 2 is 1.62 bits per heavy atom. The third kappa shape index (κ3) is 4.77. The van der Waals surface area contributed by atoms with Gasteiger partial charge in [0.25, 0.3) is 0 Å². The van der Waals surface area contributed by atoms with Gasteiger partial charge in [0.2, 0.25) is 0 Å². The van der Waals surface area contributed by atoms with E-state index in [4.69, 9.17) is 8.85 Å². The Bertz CT molecular complexity index is 47.3. The van der Waals surface area contributed by atoms with Crippen LogP contribution >= 0.6 is 15.3 Å². The highest BCUT2D eigenvalue weighted by Gasteiger charge is 2.03. The van der Waals surface area contributed by atoms with E-state index in [1.807, 2.05) is 13.8 Å². The standard InChI is InChI=1S/C4H11BrO2Si/c1-3-6-8(5)7-4-2/h8H,3-4H2,1-2H3. The first kappa shape index (κ1) is 8.62. The molecule has 0 aliphatic heterocycles. The fraction of sp³-hybridized carbons (Fsp3) is 1.00. The molecule has 0 bridgehead atoms. The first-order chi connectivity index (χ1) is 3.81. The van der Waals surface area contributed by atoms with Gasteiger partial charge in [0, 0.05) is 13.2 Å². The molecule has 0 aliphatic rings. The highest BCUT2D eigenvalue weighted by atomic mass is 79.9. The molecule has 0 amide bonds. The van der Waals surface area contributed by atoms with Gasteiger partial charge in [-0.2, -0.15) is 0 Å². The maximum absolute atomic E-state index is 5.12. The van der Waals surface area contributed by atoms with Crippen molar-refractivity contribution in [1.29, 1.82) is 0 Å². The minimum atomic E-state index is -1.39. The summed E-state index contributed by atoms with van der Waals surface area (Å²) < 4.78 is 10.2. The fourth-order valence-corrected chi connectivity index (χ4v) is 2.52. The summed E-state index contributed by atoms with van der Waals surface area (Å²) in [5.74, 6) is 0. The number of rotatable bonds is 4. The van der Waals surface area contributed by atoms with Gasteiger partial charge in [-0.05, 0) is 13.8 Å². The highest BCUT2D eigenvalue weighted by molar-refractivity contribution is 9.24. The molecule has 0 rings (SSSR count). The summed E-state index contributed by atoms with van der Waals surface area (Å²) in [5, 5.41) is 0. The first-order valence-electron chi connectivity index (χ1n) is 2.68. The van der Waals surface area contributed by atoms with E-state index in [1.54, 1.807) is 0 Å². The van der Waals surface area contributed by atoms with Crippen LogP contribution in [0.5, 0.6) is 0 Å². The topological polar surface area (TPSA) is 18.5 Å². The Morgan fingerprint density at radius 1 is 1.25 bits per heavy atom. The molecule has 0 fully saturated rings. The third-order valence-electron chi connectivity index (χ3n) is 0.595. The van der Waals surface area contributed by atoms with Crippen molar-refractivity contribution in [2.24, 2.45) is 0 Å². The van der Waals surface area contributed by atoms with Crippen molar-refractivity contribution in [3.05, 3.63) is 0 Å². The van der Waals surface area contributed by atoms with Gasteiger partial charge in [-0.1, -0.05) is 15.3 Å². The van der Waals surface area contributed by atoms with Gasteiger partial charge in [-0.3, -0.25) is 0 Å². The van der Waals surface area contributed by atoms with Crippen LogP contribution in [0.25, 0.3) is 0 Å². The van der Waals surface area contributed by atoms with Crippen LogP contribution in [-0.2, 0) is 8.85 Å². The van der Waals surface area contributed by atoms with Crippen molar-refractivity contribution in [2.75, 3.05) is 13.2 Å². The molecule has 0 N–H and O–H groups in total. The van der Waals surface area contributed by atoms with E-state index >= 15 is 0 Å². The lowest BCUT2D eigenvalue weighted by Gasteiger charge is -2.05. The second-order valence-corrected chi connectivity index (χ2v) is 4.64. The fourth-order valence-electron chi connectivity index (χ4n) is 0.310. The molecule has 0 spiro atoms. The van der Waals surface area contributed by atoms with Gasteiger partial charge in [0.15, 0.2) is 0 Å². The maximum atomic E-state index is 5.12. The van der Waals surface area contributed by atoms with Crippen molar-refractivity contribution in [3.8, 4) is 0 Å². The predicted molar refractivity (Wildman–Crippen MR) is 39.3 cm³/mol. The van der Waals surface area contributed by atoms with E-state index in [2.05, 4.69) is 15.3 Å². The van der Waals surface area contributed by atoms with Crippen molar-refractivity contribution < 1.29 is 8.85 Å². The molecular weight excluding hydrogens is 188 g/mol. The summed E-state index contributed by atoms with van der Waals surface area (Å²) >= 11 is 3.29. The lowest BCUT2D eigenvalue weighted by molar-refractivity contribution is 0.235. The summed E-state index contributed by atoms with van der Waals surface area (Å²) in [6.45, 7) is 5.39. The molecule has 4 heteroatoms. The summed E-state index contributed by atoms with van der Waals surface area (Å²) in [6.07, 6.45) is 0. The Labute approximate surface area is 59.6 Å². The lowest BCUT2D eigenvalue weighted by Crippen LogP contribution is -2.14. The molecule has 0 aromatic heterocycles. The van der Waals surface area contributed by atoms with Crippen LogP contribution < -0.4 is 0 Å². The van der Waals surface area contributed by atoms with Gasteiger partial charge < -0.3 is 8.85 Å². The van der Waals surface area contributed by atoms with Gasteiger partial charge >= 0.3 is 7.90 Å². The van der Waals surface area contributed by atoms with Crippen molar-refractivity contribution in [3.63, 3.8) is 0 Å². The Balaban J connectivity index is 2.92. The number of hydrogen-bond donors (Lipinski definition) is 0. The van der Waals surface area contributed by atoms with Crippen LogP contribution in [0.1, 0.15) is 13.8 Å². The summed E-state index contributed by atoms with van der Waals surface area (Å²) in [4.78, 5) is 0. The van der Waals surface area contributed by atoms with Crippen LogP contribution in [0.2, 0.25) is 0 Å². The number of hydrogen-bond acceptors (Lipinski definition) is 2. The molecule has 0 heterocycles. The second kappa shape index (κ2) is 5.75. The molecule has 2 nitrogen and oxygen atoms in total. The molecule has 0 saturated heterocycles. The average Bonchev–Trinajstić information content (AvgIpc) is 1.68. The normalized spacial score (nSPS) is 10.5. The molecule has 0 radical (unpaired) electrons. The lowest BCUT2D eigenvalue weighted by atomic mass is 10.9. The van der Waals surface area contributed by atoms with Gasteiger partial charge in [0.05, 0.1) is 0 Å². The van der Waals surface area contributed by atoms with E-state index in [0.717, 1.165) is 13.2 Å². The molecule has 0 unspecified atom stereocenters. The van der Waals surface area contributed by atoms with Crippen LogP contribution in [0, 0.1) is 0 Å². The maximum Gasteiger partial charge on any atom is 0.397 e. The van der Waals surface area contributed by atoms with Gasteiger partial charge in [-0.15, -0.1) is 0 Å². The molecule has 8 heavy (non-hydrogen) atoms. The largest absolute Gasteiger partial charge is 0.397 e. The average molecular weight is 199 g/mol. The van der Waals surface area contributed by atoms with Crippen molar-refractivity contribution >= 4 is 23.2 Å². The highest BCUT2D eigenvalue weighted by Crippen LogP contribution is 1.96. The molecule has 50 valence electrons. The van der Waals surface area contributed by atoms with E-state index < -0.39 is 7.90 Å². The predicted octanol–water partition coefficient (Wildman–Crippen LogP) is 1.17. The zero-order chi connectivity index (χ0) is 6.41. The molecule has 0 saturated carbocycles. The SMILES string of the molecule is CCO[SiH](Br)OCC. The Hall–Kier alpha value is 0.617. The quantitative estimate of drug-likeness (QED) is 0.499. The van der Waals surface area contributed by atoms with Gasteiger partial charge in [0.1, 0.15) is 0 Å². The van der Waals surface area contributed by atoms with E-state index in [9.17, 15) is 0 Å². The van der Waals surface area contributed by atoms with Crippen LogP contribution in [-0.4, -0.2) is 21.1 Å². The second-order valence-electron chi connectivity index (χ2n) is 1.19.